The first kappa shape index (κ1) is 14.5. The van der Waals surface area contributed by atoms with E-state index in [0.29, 0.717) is 43.7 Å². The molecule has 0 aliphatic rings. The third kappa shape index (κ3) is 4.05. The van der Waals surface area contributed by atoms with E-state index >= 15 is 0 Å². The van der Waals surface area contributed by atoms with E-state index in [1.165, 1.54) is 0 Å². The molecule has 0 radical (unpaired) electrons. The van der Waals surface area contributed by atoms with Crippen molar-refractivity contribution in [2.45, 2.75) is 0 Å². The smallest absolute Gasteiger partial charge is 0.215 e. The molecule has 0 aliphatic carbocycles. The summed E-state index contributed by atoms with van der Waals surface area (Å²) >= 11 is 0. The van der Waals surface area contributed by atoms with Crippen LogP contribution in [0.3, 0.4) is 0 Å². The SMILES string of the molecule is COCCN(CCOC)c1nc(OC)ccc1N. The van der Waals surface area contributed by atoms with Crippen LogP contribution in [0.2, 0.25) is 0 Å². The first-order valence-corrected chi connectivity index (χ1v) is 5.76. The molecule has 1 heterocycles. The zero-order chi connectivity index (χ0) is 13.4. The predicted molar refractivity (Wildman–Crippen MR) is 71.2 cm³/mol. The Bertz CT molecular complexity index is 352. The number of methoxy groups -OCH3 is 3. The van der Waals surface area contributed by atoms with Gasteiger partial charge in [-0.25, -0.2) is 0 Å². The highest BCUT2D eigenvalue weighted by atomic mass is 16.5. The van der Waals surface area contributed by atoms with Crippen LogP contribution in [-0.2, 0) is 9.47 Å². The van der Waals surface area contributed by atoms with Gasteiger partial charge >= 0.3 is 0 Å². The van der Waals surface area contributed by atoms with Crippen LogP contribution in [0.5, 0.6) is 5.88 Å². The molecule has 6 nitrogen and oxygen atoms in total. The molecule has 1 rings (SSSR count). The molecule has 0 spiro atoms. The maximum absolute atomic E-state index is 5.95. The summed E-state index contributed by atoms with van der Waals surface area (Å²) in [5.41, 5.74) is 6.56. The first-order valence-electron chi connectivity index (χ1n) is 5.76. The number of nitrogen functional groups attached to an aromatic ring is 1. The van der Waals surface area contributed by atoms with Crippen molar-refractivity contribution >= 4 is 11.5 Å². The summed E-state index contributed by atoms with van der Waals surface area (Å²) in [6, 6.07) is 3.53. The van der Waals surface area contributed by atoms with Gasteiger partial charge in [-0.15, -0.1) is 0 Å². The molecular weight excluding hydrogens is 234 g/mol. The van der Waals surface area contributed by atoms with Crippen LogP contribution in [0.25, 0.3) is 0 Å². The van der Waals surface area contributed by atoms with Crippen molar-refractivity contribution < 1.29 is 14.2 Å². The molecule has 0 aliphatic heterocycles. The van der Waals surface area contributed by atoms with Crippen molar-refractivity contribution in [2.75, 3.05) is 58.3 Å². The lowest BCUT2D eigenvalue weighted by Gasteiger charge is -2.24. The van der Waals surface area contributed by atoms with Crippen LogP contribution < -0.4 is 15.4 Å². The zero-order valence-electron chi connectivity index (χ0n) is 11.2. The van der Waals surface area contributed by atoms with Gasteiger partial charge in [0.05, 0.1) is 26.0 Å². The second-order valence-electron chi connectivity index (χ2n) is 3.74. The Morgan fingerprint density at radius 3 is 2.22 bits per heavy atom. The van der Waals surface area contributed by atoms with Crippen molar-refractivity contribution in [1.82, 2.24) is 4.98 Å². The summed E-state index contributed by atoms with van der Waals surface area (Å²) in [5.74, 6) is 1.24. The number of nitrogens with two attached hydrogens (primary N) is 1. The topological polar surface area (TPSA) is 69.8 Å². The van der Waals surface area contributed by atoms with Gasteiger partial charge in [0.2, 0.25) is 5.88 Å². The van der Waals surface area contributed by atoms with E-state index in [1.54, 1.807) is 33.5 Å². The fourth-order valence-corrected chi connectivity index (χ4v) is 1.54. The normalized spacial score (nSPS) is 10.4. The fourth-order valence-electron chi connectivity index (χ4n) is 1.54. The monoisotopic (exact) mass is 255 g/mol. The molecule has 2 N–H and O–H groups in total. The summed E-state index contributed by atoms with van der Waals surface area (Å²) in [6.45, 7) is 2.60. The van der Waals surface area contributed by atoms with Crippen molar-refractivity contribution in [3.05, 3.63) is 12.1 Å². The summed E-state index contributed by atoms with van der Waals surface area (Å²) < 4.78 is 15.3. The maximum atomic E-state index is 5.95. The van der Waals surface area contributed by atoms with Gasteiger partial charge in [0.1, 0.15) is 0 Å². The minimum absolute atomic E-state index is 0.541. The number of rotatable bonds is 8. The largest absolute Gasteiger partial charge is 0.481 e. The first-order chi connectivity index (χ1) is 8.72. The number of hydrogen-bond acceptors (Lipinski definition) is 6. The second-order valence-corrected chi connectivity index (χ2v) is 3.74. The lowest BCUT2D eigenvalue weighted by atomic mass is 10.3. The number of ether oxygens (including phenoxy) is 3. The van der Waals surface area contributed by atoms with Crippen LogP contribution in [0.15, 0.2) is 12.1 Å². The van der Waals surface area contributed by atoms with Gasteiger partial charge in [-0.2, -0.15) is 4.98 Å². The molecule has 0 aromatic carbocycles. The number of anilines is 2. The molecular formula is C12H21N3O3. The van der Waals surface area contributed by atoms with Gasteiger partial charge in [0.15, 0.2) is 5.82 Å². The summed E-state index contributed by atoms with van der Waals surface area (Å²) in [7, 11) is 4.91. The van der Waals surface area contributed by atoms with E-state index in [2.05, 4.69) is 4.98 Å². The lowest BCUT2D eigenvalue weighted by molar-refractivity contribution is 0.190. The Hall–Kier alpha value is -1.53. The Morgan fingerprint density at radius 1 is 1.11 bits per heavy atom. The van der Waals surface area contributed by atoms with Crippen LogP contribution in [0.4, 0.5) is 11.5 Å². The van der Waals surface area contributed by atoms with Crippen LogP contribution in [-0.4, -0.2) is 52.6 Å². The molecule has 1 aromatic rings. The van der Waals surface area contributed by atoms with Gasteiger partial charge in [0, 0.05) is 33.4 Å². The van der Waals surface area contributed by atoms with Gasteiger partial charge in [-0.05, 0) is 6.07 Å². The average Bonchev–Trinajstić information content (AvgIpc) is 2.40. The average molecular weight is 255 g/mol. The van der Waals surface area contributed by atoms with Gasteiger partial charge < -0.3 is 24.8 Å². The van der Waals surface area contributed by atoms with E-state index in [9.17, 15) is 0 Å². The molecule has 0 atom stereocenters. The van der Waals surface area contributed by atoms with Gasteiger partial charge in [0.25, 0.3) is 0 Å². The number of hydrogen-bond donors (Lipinski definition) is 1. The van der Waals surface area contributed by atoms with Crippen molar-refractivity contribution in [2.24, 2.45) is 0 Å². The van der Waals surface area contributed by atoms with Crippen molar-refractivity contribution in [1.29, 1.82) is 0 Å². The standard InChI is InChI=1S/C12H21N3O3/c1-16-8-6-15(7-9-17-2)12-10(13)4-5-11(14-12)18-3/h4-5H,6-9,13H2,1-3H3. The maximum Gasteiger partial charge on any atom is 0.215 e. The summed E-state index contributed by atoms with van der Waals surface area (Å²) in [6.07, 6.45) is 0. The molecule has 0 amide bonds. The Balaban J connectivity index is 2.87. The summed E-state index contributed by atoms with van der Waals surface area (Å²) in [4.78, 5) is 6.38. The predicted octanol–water partition coefficient (Wildman–Crippen LogP) is 0.772. The van der Waals surface area contributed by atoms with Gasteiger partial charge in [-0.3, -0.25) is 0 Å². The number of pyridine rings is 1. The van der Waals surface area contributed by atoms with E-state index in [1.807, 2.05) is 4.90 Å². The second kappa shape index (κ2) is 7.73. The number of nitrogens with zero attached hydrogens (tertiary/aromatic N) is 2. The van der Waals surface area contributed by atoms with Crippen LogP contribution in [0.1, 0.15) is 0 Å². The molecule has 0 saturated heterocycles. The summed E-state index contributed by atoms with van der Waals surface area (Å²) in [5, 5.41) is 0. The molecule has 102 valence electrons. The minimum atomic E-state index is 0.541. The molecule has 1 aromatic heterocycles. The van der Waals surface area contributed by atoms with E-state index < -0.39 is 0 Å². The molecule has 18 heavy (non-hydrogen) atoms. The Kier molecular flexibility index (Phi) is 6.24. The fraction of sp³-hybridized carbons (Fsp3) is 0.583. The third-order valence-corrected chi connectivity index (χ3v) is 2.52. The van der Waals surface area contributed by atoms with E-state index in [-0.39, 0.29) is 0 Å². The highest BCUT2D eigenvalue weighted by Gasteiger charge is 2.12. The van der Waals surface area contributed by atoms with Gasteiger partial charge in [-0.1, -0.05) is 0 Å². The van der Waals surface area contributed by atoms with Crippen LogP contribution in [0, 0.1) is 0 Å². The molecule has 0 fully saturated rings. The molecule has 0 unspecified atom stereocenters. The van der Waals surface area contributed by atoms with Crippen LogP contribution >= 0.6 is 0 Å². The lowest BCUT2D eigenvalue weighted by Crippen LogP contribution is -2.32. The highest BCUT2D eigenvalue weighted by Crippen LogP contribution is 2.23. The van der Waals surface area contributed by atoms with Crippen molar-refractivity contribution in [3.8, 4) is 5.88 Å². The molecule has 0 bridgehead atoms. The quantitative estimate of drug-likeness (QED) is 0.740. The third-order valence-electron chi connectivity index (χ3n) is 2.52. The molecule has 0 saturated carbocycles. The van der Waals surface area contributed by atoms with E-state index in [4.69, 9.17) is 19.9 Å². The Labute approximate surface area is 108 Å². The highest BCUT2D eigenvalue weighted by molar-refractivity contribution is 5.63. The Morgan fingerprint density at radius 2 is 1.72 bits per heavy atom. The minimum Gasteiger partial charge on any atom is -0.481 e. The van der Waals surface area contributed by atoms with Crippen molar-refractivity contribution in [3.63, 3.8) is 0 Å². The number of aromatic nitrogens is 1. The van der Waals surface area contributed by atoms with E-state index in [0.717, 1.165) is 0 Å². The molecule has 6 heteroatoms. The zero-order valence-corrected chi connectivity index (χ0v) is 11.2.